The Morgan fingerprint density at radius 1 is 1.21 bits per heavy atom. The van der Waals surface area contributed by atoms with Crippen molar-refractivity contribution in [3.8, 4) is 0 Å². The number of rotatable bonds is 7. The van der Waals surface area contributed by atoms with Crippen molar-refractivity contribution >= 4 is 17.0 Å². The maximum atomic E-state index is 14.0. The van der Waals surface area contributed by atoms with Crippen molar-refractivity contribution in [3.05, 3.63) is 113 Å². The van der Waals surface area contributed by atoms with Gasteiger partial charge in [0.1, 0.15) is 5.82 Å². The fraction of sp³-hybridized carbons (Fsp3) is 0.241. The molecule has 0 radical (unpaired) electrons. The fourth-order valence-electron chi connectivity index (χ4n) is 4.41. The van der Waals surface area contributed by atoms with Crippen molar-refractivity contribution in [2.45, 2.75) is 44.1 Å². The van der Waals surface area contributed by atoms with E-state index in [9.17, 15) is 9.18 Å². The van der Waals surface area contributed by atoms with Crippen LogP contribution in [0.25, 0.3) is 5.57 Å². The van der Waals surface area contributed by atoms with Crippen molar-refractivity contribution in [1.82, 2.24) is 0 Å². The van der Waals surface area contributed by atoms with Gasteiger partial charge in [0.2, 0.25) is 0 Å². The van der Waals surface area contributed by atoms with Gasteiger partial charge in [0.05, 0.1) is 11.5 Å². The molecule has 2 aliphatic rings. The van der Waals surface area contributed by atoms with E-state index < -0.39 is 17.3 Å². The zero-order valence-electron chi connectivity index (χ0n) is 19.0. The Bertz CT molecular complexity index is 1200. The summed E-state index contributed by atoms with van der Waals surface area (Å²) in [6.07, 6.45) is 13.1. The van der Waals surface area contributed by atoms with Gasteiger partial charge in [-0.1, -0.05) is 42.5 Å². The van der Waals surface area contributed by atoms with Crippen molar-refractivity contribution < 1.29 is 9.18 Å². The minimum atomic E-state index is -1.03. The van der Waals surface area contributed by atoms with Gasteiger partial charge >= 0.3 is 0 Å². The number of nitrogen functional groups attached to an aromatic ring is 1. The molecule has 1 fully saturated rings. The van der Waals surface area contributed by atoms with Gasteiger partial charge < -0.3 is 11.5 Å². The summed E-state index contributed by atoms with van der Waals surface area (Å²) in [5, 5.41) is 0. The maximum Gasteiger partial charge on any atom is 0.164 e. The monoisotopic (exact) mass is 440 g/mol. The van der Waals surface area contributed by atoms with Gasteiger partial charge in [-0.05, 0) is 91.3 Å². The Balaban J connectivity index is 1.76. The third-order valence-electron chi connectivity index (χ3n) is 6.30. The first-order valence-corrected chi connectivity index (χ1v) is 11.3. The highest BCUT2D eigenvalue weighted by Crippen LogP contribution is 2.41. The summed E-state index contributed by atoms with van der Waals surface area (Å²) in [5.41, 5.74) is 19.5. The quantitative estimate of drug-likeness (QED) is 0.317. The molecule has 2 aliphatic carbocycles. The lowest BCUT2D eigenvalue weighted by atomic mass is 9.73. The van der Waals surface area contributed by atoms with Crippen LogP contribution in [0.5, 0.6) is 0 Å². The summed E-state index contributed by atoms with van der Waals surface area (Å²) < 4.78 is 14.0. The van der Waals surface area contributed by atoms with Crippen LogP contribution >= 0.6 is 0 Å². The maximum absolute atomic E-state index is 14.0. The fourth-order valence-corrected chi connectivity index (χ4v) is 4.41. The number of anilines is 1. The summed E-state index contributed by atoms with van der Waals surface area (Å²) in [4.78, 5) is 13.3. The minimum absolute atomic E-state index is 0.0614. The van der Waals surface area contributed by atoms with Crippen molar-refractivity contribution in [1.29, 1.82) is 0 Å². The second-order valence-electron chi connectivity index (χ2n) is 9.02. The summed E-state index contributed by atoms with van der Waals surface area (Å²) in [6.45, 7) is 3.69. The van der Waals surface area contributed by atoms with E-state index in [0.29, 0.717) is 22.7 Å². The number of halogens is 1. The molecule has 0 unspecified atom stereocenters. The van der Waals surface area contributed by atoms with Crippen LogP contribution in [0.3, 0.4) is 0 Å². The van der Waals surface area contributed by atoms with Crippen molar-refractivity contribution in [3.63, 3.8) is 0 Å². The van der Waals surface area contributed by atoms with Crippen LogP contribution in [-0.4, -0.2) is 11.3 Å². The standard InChI is InChI=1S/C29H29FN2O/c1-3-6-27(33)28(21-13-11-20(12-14-21)19-9-10-19)29(2,32)24-8-5-4-7-22(15-24)23-16-25(30)18-26(31)17-23/h3-6,8,11-19,28H,9-10,31-32H2,1-2H3/b6-3-/t28-,29-/m1/s1. The Hall–Kier alpha value is -3.46. The second kappa shape index (κ2) is 9.19. The molecule has 4 heteroatoms. The molecule has 0 aromatic heterocycles. The zero-order chi connectivity index (χ0) is 23.6. The van der Waals surface area contributed by atoms with E-state index in [4.69, 9.17) is 11.5 Å². The average Bonchev–Trinajstić information content (AvgIpc) is 3.61. The van der Waals surface area contributed by atoms with Gasteiger partial charge in [0, 0.05) is 11.3 Å². The van der Waals surface area contributed by atoms with Crippen LogP contribution < -0.4 is 11.5 Å². The SMILES string of the molecule is C/C=C\C(=O)[C@@H](c1ccc(C2CC2)cc1)[C@](C)(N)C1=CC(c2cc(N)cc(F)c2)=C=CC=C1. The van der Waals surface area contributed by atoms with E-state index in [-0.39, 0.29) is 5.78 Å². The van der Waals surface area contributed by atoms with E-state index in [2.05, 4.69) is 17.9 Å². The number of carbonyl (C=O) groups is 1. The molecule has 33 heavy (non-hydrogen) atoms. The number of hydrogen-bond acceptors (Lipinski definition) is 3. The molecule has 0 heterocycles. The molecule has 3 nitrogen and oxygen atoms in total. The third-order valence-corrected chi connectivity index (χ3v) is 6.30. The van der Waals surface area contributed by atoms with Crippen molar-refractivity contribution in [2.75, 3.05) is 5.73 Å². The largest absolute Gasteiger partial charge is 0.399 e. The highest BCUT2D eigenvalue weighted by molar-refractivity contribution is 5.97. The average molecular weight is 441 g/mol. The predicted molar refractivity (Wildman–Crippen MR) is 133 cm³/mol. The normalized spacial score (nSPS) is 18.4. The molecule has 0 spiro atoms. The van der Waals surface area contributed by atoms with Crippen LogP contribution in [-0.2, 0) is 4.79 Å². The first-order valence-electron chi connectivity index (χ1n) is 11.3. The van der Waals surface area contributed by atoms with E-state index in [1.807, 2.05) is 44.2 Å². The topological polar surface area (TPSA) is 69.1 Å². The molecule has 2 aromatic carbocycles. The smallest absolute Gasteiger partial charge is 0.164 e. The van der Waals surface area contributed by atoms with E-state index >= 15 is 0 Å². The molecule has 1 saturated carbocycles. The Kier molecular flexibility index (Phi) is 6.33. The van der Waals surface area contributed by atoms with E-state index in [1.54, 1.807) is 24.3 Å². The Labute approximate surface area is 194 Å². The van der Waals surface area contributed by atoms with Crippen LogP contribution in [0.2, 0.25) is 0 Å². The van der Waals surface area contributed by atoms with Gasteiger partial charge in [0.15, 0.2) is 5.78 Å². The molecule has 168 valence electrons. The van der Waals surface area contributed by atoms with Gasteiger partial charge in [-0.2, -0.15) is 0 Å². The zero-order valence-corrected chi connectivity index (χ0v) is 19.0. The van der Waals surface area contributed by atoms with Crippen LogP contribution in [0, 0.1) is 5.82 Å². The number of carbonyl (C=O) groups excluding carboxylic acids is 1. The second-order valence-corrected chi connectivity index (χ2v) is 9.02. The molecule has 2 atom stereocenters. The molecule has 0 saturated heterocycles. The van der Waals surface area contributed by atoms with E-state index in [0.717, 1.165) is 11.1 Å². The van der Waals surface area contributed by atoms with Crippen LogP contribution in [0.1, 0.15) is 55.2 Å². The molecular weight excluding hydrogens is 411 g/mol. The number of benzene rings is 2. The molecule has 0 bridgehead atoms. The van der Waals surface area contributed by atoms with Gasteiger partial charge in [-0.25, -0.2) is 4.39 Å². The molecule has 2 aromatic rings. The first-order chi connectivity index (χ1) is 15.8. The summed E-state index contributed by atoms with van der Waals surface area (Å²) in [5.74, 6) is -0.430. The molecule has 0 aliphatic heterocycles. The number of allylic oxidation sites excluding steroid dienone is 5. The molecular formula is C29H29FN2O. The van der Waals surface area contributed by atoms with Crippen LogP contribution in [0.4, 0.5) is 10.1 Å². The van der Waals surface area contributed by atoms with Crippen molar-refractivity contribution in [2.24, 2.45) is 5.73 Å². The highest BCUT2D eigenvalue weighted by atomic mass is 19.1. The van der Waals surface area contributed by atoms with Gasteiger partial charge in [0.25, 0.3) is 0 Å². The molecule has 4 N–H and O–H groups in total. The lowest BCUT2D eigenvalue weighted by Gasteiger charge is -2.34. The highest BCUT2D eigenvalue weighted by Gasteiger charge is 2.38. The molecule has 0 amide bonds. The van der Waals surface area contributed by atoms with Gasteiger partial charge in [-0.3, -0.25) is 4.79 Å². The summed E-state index contributed by atoms with van der Waals surface area (Å²) >= 11 is 0. The molecule has 4 rings (SSSR count). The predicted octanol–water partition coefficient (Wildman–Crippen LogP) is 5.97. The lowest BCUT2D eigenvalue weighted by molar-refractivity contribution is -0.116. The summed E-state index contributed by atoms with van der Waals surface area (Å²) in [6, 6.07) is 12.7. The number of ketones is 1. The van der Waals surface area contributed by atoms with Gasteiger partial charge in [-0.15, -0.1) is 5.73 Å². The summed E-state index contributed by atoms with van der Waals surface area (Å²) in [7, 11) is 0. The number of hydrogen-bond donors (Lipinski definition) is 2. The first kappa shape index (κ1) is 22.7. The Morgan fingerprint density at radius 3 is 2.58 bits per heavy atom. The lowest BCUT2D eigenvalue weighted by Crippen LogP contribution is -2.47. The van der Waals surface area contributed by atoms with E-state index in [1.165, 1.54) is 30.5 Å². The minimum Gasteiger partial charge on any atom is -0.399 e. The van der Waals surface area contributed by atoms with Crippen LogP contribution in [0.15, 0.2) is 90.2 Å². The Morgan fingerprint density at radius 2 is 1.94 bits per heavy atom. The third kappa shape index (κ3) is 4.98. The number of nitrogens with two attached hydrogens (primary N) is 2.